The minimum absolute atomic E-state index is 0.0117. The number of nitrogens with one attached hydrogen (secondary N) is 1. The Morgan fingerprint density at radius 3 is 2.48 bits per heavy atom. The van der Waals surface area contributed by atoms with E-state index in [4.69, 9.17) is 0 Å². The van der Waals surface area contributed by atoms with Crippen molar-refractivity contribution in [3.63, 3.8) is 0 Å². The van der Waals surface area contributed by atoms with Crippen molar-refractivity contribution in [3.8, 4) is 0 Å². The molecule has 0 radical (unpaired) electrons. The molecule has 3 heterocycles. The van der Waals surface area contributed by atoms with E-state index in [0.717, 1.165) is 36.8 Å². The molecule has 146 valence electrons. The van der Waals surface area contributed by atoms with Gasteiger partial charge in [-0.15, -0.1) is 0 Å². The van der Waals surface area contributed by atoms with E-state index in [9.17, 15) is 9.59 Å². The first-order chi connectivity index (χ1) is 12.9. The van der Waals surface area contributed by atoms with E-state index in [2.05, 4.69) is 25.2 Å². The summed E-state index contributed by atoms with van der Waals surface area (Å²) in [7, 11) is 0. The Morgan fingerprint density at radius 1 is 1.22 bits per heavy atom. The molecule has 2 aromatic rings. The van der Waals surface area contributed by atoms with Gasteiger partial charge in [0.2, 0.25) is 5.91 Å². The van der Waals surface area contributed by atoms with Gasteiger partial charge < -0.3 is 4.90 Å². The number of aryl methyl sites for hydroxylation is 1. The molecule has 0 saturated carbocycles. The second kappa shape index (κ2) is 7.99. The van der Waals surface area contributed by atoms with Crippen LogP contribution in [0.4, 0.5) is 0 Å². The van der Waals surface area contributed by atoms with E-state index in [-0.39, 0.29) is 17.7 Å². The number of carbonyl (C=O) groups is 2. The highest BCUT2D eigenvalue weighted by atomic mass is 16.2. The second-order valence-electron chi connectivity index (χ2n) is 7.19. The molecular weight excluding hydrogens is 346 g/mol. The minimum Gasteiger partial charge on any atom is -0.340 e. The lowest BCUT2D eigenvalue weighted by Crippen LogP contribution is -2.48. The molecule has 0 aliphatic carbocycles. The van der Waals surface area contributed by atoms with Gasteiger partial charge in [0.05, 0.1) is 23.8 Å². The smallest absolute Gasteiger partial charge is 0.224 e. The van der Waals surface area contributed by atoms with Crippen LogP contribution in [-0.4, -0.2) is 72.6 Å². The molecule has 9 nitrogen and oxygen atoms in total. The fourth-order valence-corrected chi connectivity index (χ4v) is 3.74. The van der Waals surface area contributed by atoms with Crippen LogP contribution < -0.4 is 0 Å². The molecule has 1 amide bonds. The molecular formula is C18H27N7O2. The van der Waals surface area contributed by atoms with Gasteiger partial charge in [0.25, 0.3) is 0 Å². The Balaban J connectivity index is 1.55. The summed E-state index contributed by atoms with van der Waals surface area (Å²) < 4.78 is 1.81. The fourth-order valence-electron chi connectivity index (χ4n) is 3.74. The number of H-pyrrole nitrogens is 1. The second-order valence-corrected chi connectivity index (χ2v) is 7.19. The number of amides is 1. The van der Waals surface area contributed by atoms with Crippen molar-refractivity contribution in [2.24, 2.45) is 0 Å². The summed E-state index contributed by atoms with van der Waals surface area (Å²) in [5.41, 5.74) is 2.22. The Morgan fingerprint density at radius 2 is 1.93 bits per heavy atom. The maximum Gasteiger partial charge on any atom is 0.224 e. The topological polar surface area (TPSA) is 100 Å². The molecule has 3 rings (SSSR count). The largest absolute Gasteiger partial charge is 0.340 e. The maximum absolute atomic E-state index is 12.7. The van der Waals surface area contributed by atoms with Crippen LogP contribution in [0.25, 0.3) is 0 Å². The Bertz CT molecular complexity index is 804. The SMILES string of the molecule is CC(=O)c1c(C)nn([C@@H](C)CC(=O)N2CCN(Cc3ncn[nH]3)CC2)c1C. The van der Waals surface area contributed by atoms with Crippen LogP contribution in [0, 0.1) is 13.8 Å². The number of piperazine rings is 1. The van der Waals surface area contributed by atoms with Gasteiger partial charge in [-0.2, -0.15) is 10.2 Å². The summed E-state index contributed by atoms with van der Waals surface area (Å²) in [6.07, 6.45) is 1.88. The van der Waals surface area contributed by atoms with Gasteiger partial charge in [0, 0.05) is 38.3 Å². The molecule has 1 N–H and O–H groups in total. The molecule has 1 aliphatic heterocycles. The Kier molecular flexibility index (Phi) is 5.69. The van der Waals surface area contributed by atoms with Crippen LogP contribution in [0.15, 0.2) is 6.33 Å². The van der Waals surface area contributed by atoms with Gasteiger partial charge >= 0.3 is 0 Å². The predicted molar refractivity (Wildman–Crippen MR) is 99.3 cm³/mol. The summed E-state index contributed by atoms with van der Waals surface area (Å²) in [5.74, 6) is 0.977. The van der Waals surface area contributed by atoms with Gasteiger partial charge in [-0.25, -0.2) is 4.98 Å². The molecule has 1 aliphatic rings. The quantitative estimate of drug-likeness (QED) is 0.762. The van der Waals surface area contributed by atoms with Gasteiger partial charge in [-0.3, -0.25) is 24.3 Å². The zero-order valence-corrected chi connectivity index (χ0v) is 16.4. The molecule has 0 unspecified atom stereocenters. The number of hydrogen-bond donors (Lipinski definition) is 1. The van der Waals surface area contributed by atoms with E-state index in [1.54, 1.807) is 6.92 Å². The molecule has 2 aromatic heterocycles. The number of carbonyl (C=O) groups excluding carboxylic acids is 2. The number of rotatable bonds is 6. The van der Waals surface area contributed by atoms with Crippen LogP contribution in [0.3, 0.4) is 0 Å². The normalized spacial score (nSPS) is 16.5. The minimum atomic E-state index is -0.0866. The zero-order chi connectivity index (χ0) is 19.6. The van der Waals surface area contributed by atoms with Gasteiger partial charge in [-0.05, 0) is 27.7 Å². The molecule has 0 spiro atoms. The van der Waals surface area contributed by atoms with Crippen molar-refractivity contribution >= 4 is 11.7 Å². The number of aromatic nitrogens is 5. The van der Waals surface area contributed by atoms with Crippen molar-refractivity contribution < 1.29 is 9.59 Å². The molecule has 0 aromatic carbocycles. The molecule has 9 heteroatoms. The van der Waals surface area contributed by atoms with Crippen molar-refractivity contribution in [1.29, 1.82) is 0 Å². The molecule has 0 bridgehead atoms. The monoisotopic (exact) mass is 373 g/mol. The first-order valence-corrected chi connectivity index (χ1v) is 9.27. The molecule has 1 saturated heterocycles. The highest BCUT2D eigenvalue weighted by molar-refractivity contribution is 5.96. The third kappa shape index (κ3) is 4.24. The zero-order valence-electron chi connectivity index (χ0n) is 16.4. The van der Waals surface area contributed by atoms with Crippen molar-refractivity contribution in [1.82, 2.24) is 34.8 Å². The first kappa shape index (κ1) is 19.2. The Hall–Kier alpha value is -2.55. The molecule has 1 fully saturated rings. The van der Waals surface area contributed by atoms with Crippen LogP contribution >= 0.6 is 0 Å². The number of hydrogen-bond acceptors (Lipinski definition) is 6. The molecule has 1 atom stereocenters. The third-order valence-corrected chi connectivity index (χ3v) is 5.13. The van der Waals surface area contributed by atoms with Crippen molar-refractivity contribution in [3.05, 3.63) is 29.1 Å². The van der Waals surface area contributed by atoms with E-state index in [1.165, 1.54) is 6.33 Å². The molecule has 27 heavy (non-hydrogen) atoms. The first-order valence-electron chi connectivity index (χ1n) is 9.27. The summed E-state index contributed by atoms with van der Waals surface area (Å²) in [5, 5.41) is 11.2. The van der Waals surface area contributed by atoms with Crippen LogP contribution in [-0.2, 0) is 11.3 Å². The van der Waals surface area contributed by atoms with E-state index in [1.807, 2.05) is 30.4 Å². The summed E-state index contributed by atoms with van der Waals surface area (Å²) in [6.45, 7) is 11.0. The van der Waals surface area contributed by atoms with E-state index in [0.29, 0.717) is 25.1 Å². The van der Waals surface area contributed by atoms with E-state index >= 15 is 0 Å². The van der Waals surface area contributed by atoms with Crippen molar-refractivity contribution in [2.45, 2.75) is 46.7 Å². The Labute approximate surface area is 158 Å². The third-order valence-electron chi connectivity index (χ3n) is 5.13. The average Bonchev–Trinajstić information content (AvgIpc) is 3.22. The van der Waals surface area contributed by atoms with E-state index < -0.39 is 0 Å². The summed E-state index contributed by atoms with van der Waals surface area (Å²) >= 11 is 0. The lowest BCUT2D eigenvalue weighted by Gasteiger charge is -2.34. The lowest BCUT2D eigenvalue weighted by atomic mass is 10.1. The van der Waals surface area contributed by atoms with Gasteiger partial charge in [0.1, 0.15) is 12.2 Å². The number of Topliss-reactive ketones (excluding diaryl/α,β-unsaturated/α-hetero) is 1. The number of nitrogens with zero attached hydrogens (tertiary/aromatic N) is 6. The highest BCUT2D eigenvalue weighted by Gasteiger charge is 2.25. The van der Waals surface area contributed by atoms with Gasteiger partial charge in [-0.1, -0.05) is 0 Å². The fraction of sp³-hybridized carbons (Fsp3) is 0.611. The van der Waals surface area contributed by atoms with Crippen LogP contribution in [0.1, 0.15) is 53.9 Å². The maximum atomic E-state index is 12.7. The number of ketones is 1. The highest BCUT2D eigenvalue weighted by Crippen LogP contribution is 2.21. The van der Waals surface area contributed by atoms with Crippen LogP contribution in [0.2, 0.25) is 0 Å². The van der Waals surface area contributed by atoms with Gasteiger partial charge in [0.15, 0.2) is 5.78 Å². The summed E-state index contributed by atoms with van der Waals surface area (Å²) in [6, 6.07) is -0.0866. The predicted octanol–water partition coefficient (Wildman–Crippen LogP) is 1.12. The van der Waals surface area contributed by atoms with Crippen LogP contribution in [0.5, 0.6) is 0 Å². The van der Waals surface area contributed by atoms with Crippen molar-refractivity contribution in [2.75, 3.05) is 26.2 Å². The lowest BCUT2D eigenvalue weighted by molar-refractivity contribution is -0.133. The summed E-state index contributed by atoms with van der Waals surface area (Å²) in [4.78, 5) is 32.8. The number of aromatic amines is 1. The standard InChI is InChI=1S/C18H27N7O2/c1-12(25-14(3)18(15(4)26)13(2)22-25)9-17(27)24-7-5-23(6-8-24)10-16-19-11-20-21-16/h11-12H,5-10H2,1-4H3,(H,19,20,21)/t12-/m0/s1. The average molecular weight is 373 g/mol.